The van der Waals surface area contributed by atoms with Gasteiger partial charge < -0.3 is 14.8 Å². The number of ether oxygens (including phenoxy) is 2. The van der Waals surface area contributed by atoms with E-state index in [1.54, 1.807) is 0 Å². The van der Waals surface area contributed by atoms with Gasteiger partial charge in [-0.3, -0.25) is 14.9 Å². The first-order valence-electron chi connectivity index (χ1n) is 7.03. The molecule has 8 nitrogen and oxygen atoms in total. The highest BCUT2D eigenvalue weighted by molar-refractivity contribution is 6.33. The SMILES string of the molecule is COc1cc(C(=O)Nc2ncc(C(F)(F)F)cc2Cl)c([N+](=O)[O-])cc1OC. The van der Waals surface area contributed by atoms with Gasteiger partial charge in [0, 0.05) is 12.3 Å². The molecule has 0 fully saturated rings. The van der Waals surface area contributed by atoms with Gasteiger partial charge in [0.05, 0.1) is 35.8 Å². The molecule has 0 unspecified atom stereocenters. The quantitative estimate of drug-likeness (QED) is 0.597. The predicted octanol–water partition coefficient (Wildman–Crippen LogP) is 3.93. The van der Waals surface area contributed by atoms with Gasteiger partial charge in [-0.15, -0.1) is 0 Å². The molecule has 1 N–H and O–H groups in total. The number of nitro benzene ring substituents is 1. The van der Waals surface area contributed by atoms with Crippen LogP contribution in [0.4, 0.5) is 24.7 Å². The number of rotatable bonds is 5. The van der Waals surface area contributed by atoms with Gasteiger partial charge in [-0.05, 0) is 6.07 Å². The molecule has 0 saturated carbocycles. The number of benzene rings is 1. The summed E-state index contributed by atoms with van der Waals surface area (Å²) in [6.45, 7) is 0. The summed E-state index contributed by atoms with van der Waals surface area (Å²) < 4.78 is 47.8. The van der Waals surface area contributed by atoms with Crippen LogP contribution in [0.3, 0.4) is 0 Å². The molecule has 2 rings (SSSR count). The van der Waals surface area contributed by atoms with Crippen molar-refractivity contribution in [3.05, 3.63) is 50.7 Å². The number of pyridine rings is 1. The van der Waals surface area contributed by atoms with E-state index in [9.17, 15) is 28.1 Å². The van der Waals surface area contributed by atoms with Crippen molar-refractivity contribution in [2.45, 2.75) is 6.18 Å². The smallest absolute Gasteiger partial charge is 0.417 e. The lowest BCUT2D eigenvalue weighted by Crippen LogP contribution is -2.16. The van der Waals surface area contributed by atoms with Crippen LogP contribution in [0, 0.1) is 10.1 Å². The molecule has 0 aliphatic carbocycles. The maximum atomic E-state index is 12.6. The summed E-state index contributed by atoms with van der Waals surface area (Å²) in [6, 6.07) is 2.62. The van der Waals surface area contributed by atoms with Gasteiger partial charge in [0.15, 0.2) is 17.3 Å². The normalized spacial score (nSPS) is 11.0. The van der Waals surface area contributed by atoms with Crippen molar-refractivity contribution < 1.29 is 32.4 Å². The lowest BCUT2D eigenvalue weighted by atomic mass is 10.1. The fraction of sp³-hybridized carbons (Fsp3) is 0.200. The lowest BCUT2D eigenvalue weighted by Gasteiger charge is -2.12. The molecule has 0 aliphatic heterocycles. The summed E-state index contributed by atoms with van der Waals surface area (Å²) in [6.07, 6.45) is -4.19. The molecule has 1 aromatic carbocycles. The third-order valence-electron chi connectivity index (χ3n) is 3.34. The maximum Gasteiger partial charge on any atom is 0.417 e. The molecular weight excluding hydrogens is 395 g/mol. The van der Waals surface area contributed by atoms with Crippen LogP contribution in [-0.4, -0.2) is 30.0 Å². The largest absolute Gasteiger partial charge is 0.493 e. The standard InChI is InChI=1S/C15H11ClF3N3O5/c1-26-11-4-8(10(22(24)25)5-12(11)27-2)14(23)21-13-9(16)3-7(6-20-13)15(17,18)19/h3-6H,1-2H3,(H,20,21,23). The van der Waals surface area contributed by atoms with Crippen molar-refractivity contribution >= 4 is 29.0 Å². The number of nitro groups is 1. The third kappa shape index (κ3) is 4.37. The third-order valence-corrected chi connectivity index (χ3v) is 3.63. The second-order valence-corrected chi connectivity index (χ2v) is 5.39. The van der Waals surface area contributed by atoms with Gasteiger partial charge in [0.1, 0.15) is 5.56 Å². The van der Waals surface area contributed by atoms with Gasteiger partial charge in [-0.25, -0.2) is 4.98 Å². The number of hydrogen-bond donors (Lipinski definition) is 1. The lowest BCUT2D eigenvalue weighted by molar-refractivity contribution is -0.385. The van der Waals surface area contributed by atoms with Crippen LogP contribution >= 0.6 is 11.6 Å². The van der Waals surface area contributed by atoms with E-state index in [-0.39, 0.29) is 11.5 Å². The first-order valence-corrected chi connectivity index (χ1v) is 7.40. The zero-order valence-electron chi connectivity index (χ0n) is 13.8. The molecule has 1 aromatic heterocycles. The second kappa shape index (κ2) is 7.66. The summed E-state index contributed by atoms with van der Waals surface area (Å²) >= 11 is 5.72. The first-order chi connectivity index (χ1) is 12.6. The molecule has 1 heterocycles. The topological polar surface area (TPSA) is 104 Å². The van der Waals surface area contributed by atoms with Crippen molar-refractivity contribution in [2.75, 3.05) is 19.5 Å². The summed E-state index contributed by atoms with van der Waals surface area (Å²) in [5.74, 6) is -1.35. The number of hydrogen-bond acceptors (Lipinski definition) is 6. The number of methoxy groups -OCH3 is 2. The van der Waals surface area contributed by atoms with Crippen molar-refractivity contribution in [2.24, 2.45) is 0 Å². The highest BCUT2D eigenvalue weighted by Gasteiger charge is 2.32. The fourth-order valence-electron chi connectivity index (χ4n) is 2.06. The zero-order valence-corrected chi connectivity index (χ0v) is 14.5. The van der Waals surface area contributed by atoms with E-state index in [2.05, 4.69) is 10.3 Å². The first kappa shape index (κ1) is 20.2. The number of alkyl halides is 3. The Labute approximate surface area is 155 Å². The van der Waals surface area contributed by atoms with Gasteiger partial charge in [-0.2, -0.15) is 13.2 Å². The van der Waals surface area contributed by atoms with Crippen molar-refractivity contribution in [3.8, 4) is 11.5 Å². The van der Waals surface area contributed by atoms with Crippen LogP contribution in [0.1, 0.15) is 15.9 Å². The molecule has 0 radical (unpaired) electrons. The highest BCUT2D eigenvalue weighted by atomic mass is 35.5. The molecule has 0 aliphatic rings. The van der Waals surface area contributed by atoms with Crippen molar-refractivity contribution in [1.29, 1.82) is 0 Å². The number of halogens is 4. The van der Waals surface area contributed by atoms with Crippen LogP contribution in [-0.2, 0) is 6.18 Å². The number of nitrogens with one attached hydrogen (secondary N) is 1. The summed E-state index contributed by atoms with van der Waals surface area (Å²) in [5, 5.41) is 12.9. The molecule has 27 heavy (non-hydrogen) atoms. The Morgan fingerprint density at radius 2 is 1.81 bits per heavy atom. The average Bonchev–Trinajstić information content (AvgIpc) is 2.60. The van der Waals surface area contributed by atoms with Crippen LogP contribution < -0.4 is 14.8 Å². The van der Waals surface area contributed by atoms with E-state index >= 15 is 0 Å². The predicted molar refractivity (Wildman–Crippen MR) is 88.4 cm³/mol. The fourth-order valence-corrected chi connectivity index (χ4v) is 2.27. The Morgan fingerprint density at radius 3 is 2.30 bits per heavy atom. The van der Waals surface area contributed by atoms with Gasteiger partial charge in [-0.1, -0.05) is 11.6 Å². The van der Waals surface area contributed by atoms with Crippen LogP contribution in [0.2, 0.25) is 5.02 Å². The van der Waals surface area contributed by atoms with Gasteiger partial charge in [0.25, 0.3) is 11.6 Å². The van der Waals surface area contributed by atoms with Crippen LogP contribution in [0.5, 0.6) is 11.5 Å². The van der Waals surface area contributed by atoms with Gasteiger partial charge >= 0.3 is 6.18 Å². The number of anilines is 1. The Hall–Kier alpha value is -3.08. The zero-order chi connectivity index (χ0) is 20.4. The monoisotopic (exact) mass is 405 g/mol. The van der Waals surface area contributed by atoms with E-state index in [4.69, 9.17) is 21.1 Å². The summed E-state index contributed by atoms with van der Waals surface area (Å²) in [5.41, 5.74) is -2.13. The maximum absolute atomic E-state index is 12.6. The Kier molecular flexibility index (Phi) is 5.74. The molecule has 12 heteroatoms. The van der Waals surface area contributed by atoms with Crippen molar-refractivity contribution in [1.82, 2.24) is 4.98 Å². The number of amides is 1. The minimum absolute atomic E-state index is 0.0198. The summed E-state index contributed by atoms with van der Waals surface area (Å²) in [7, 11) is 2.52. The highest BCUT2D eigenvalue weighted by Crippen LogP contribution is 2.36. The molecular formula is C15H11ClF3N3O5. The average molecular weight is 406 g/mol. The van der Waals surface area contributed by atoms with E-state index in [0.717, 1.165) is 12.1 Å². The minimum atomic E-state index is -4.67. The Morgan fingerprint density at radius 1 is 1.22 bits per heavy atom. The molecule has 144 valence electrons. The minimum Gasteiger partial charge on any atom is -0.493 e. The second-order valence-electron chi connectivity index (χ2n) is 4.99. The van der Waals surface area contributed by atoms with E-state index < -0.39 is 44.7 Å². The summed E-state index contributed by atoms with van der Waals surface area (Å²) in [4.78, 5) is 26.3. The molecule has 0 bridgehead atoms. The number of nitrogens with zero attached hydrogens (tertiary/aromatic N) is 2. The molecule has 0 spiro atoms. The molecule has 2 aromatic rings. The Balaban J connectivity index is 2.42. The molecule has 1 amide bonds. The number of carbonyl (C=O) groups excluding carboxylic acids is 1. The van der Waals surface area contributed by atoms with Crippen LogP contribution in [0.15, 0.2) is 24.4 Å². The number of carbonyl (C=O) groups is 1. The van der Waals surface area contributed by atoms with E-state index in [0.29, 0.717) is 12.3 Å². The number of aromatic nitrogens is 1. The van der Waals surface area contributed by atoms with Crippen LogP contribution in [0.25, 0.3) is 0 Å². The molecule has 0 atom stereocenters. The van der Waals surface area contributed by atoms with Crippen molar-refractivity contribution in [3.63, 3.8) is 0 Å². The van der Waals surface area contributed by atoms with Gasteiger partial charge in [0.2, 0.25) is 0 Å². The molecule has 0 saturated heterocycles. The Bertz CT molecular complexity index is 905. The van der Waals surface area contributed by atoms with E-state index in [1.807, 2.05) is 0 Å². The van der Waals surface area contributed by atoms with E-state index in [1.165, 1.54) is 14.2 Å².